The highest BCUT2D eigenvalue weighted by Gasteiger charge is 2.34. The lowest BCUT2D eigenvalue weighted by molar-refractivity contribution is 0.545. The van der Waals surface area contributed by atoms with E-state index in [2.05, 4.69) is 76.1 Å². The van der Waals surface area contributed by atoms with Crippen LogP contribution in [0.4, 0.5) is 0 Å². The fraction of sp³-hybridized carbons (Fsp3) is 0.375. The first-order valence-electron chi connectivity index (χ1n) is 6.84. The summed E-state index contributed by atoms with van der Waals surface area (Å²) in [6, 6.07) is 10.4. The number of rotatable bonds is 6. The zero-order valence-corrected chi connectivity index (χ0v) is 14.8. The van der Waals surface area contributed by atoms with E-state index in [1.165, 1.54) is 5.56 Å². The molecule has 1 unspecified atom stereocenters. The minimum atomic E-state index is -1.71. The van der Waals surface area contributed by atoms with Crippen LogP contribution in [0.3, 0.4) is 0 Å². The summed E-state index contributed by atoms with van der Waals surface area (Å²) in [6.07, 6.45) is 4.49. The van der Waals surface area contributed by atoms with E-state index in [1.54, 1.807) is 0 Å². The zero-order valence-electron chi connectivity index (χ0n) is 12.8. The molecule has 19 heavy (non-hydrogen) atoms. The number of hydrogen-bond donors (Lipinski definition) is 0. The van der Waals surface area contributed by atoms with Crippen LogP contribution >= 0.6 is 0 Å². The molecule has 1 aromatic carbocycles. The summed E-state index contributed by atoms with van der Waals surface area (Å²) in [4.78, 5) is 0. The molecule has 0 radical (unpaired) electrons. The first-order valence-corrected chi connectivity index (χ1v) is 12.8. The van der Waals surface area contributed by atoms with Gasteiger partial charge in [-0.05, 0) is 37.3 Å². The second-order valence-corrected chi connectivity index (χ2v) is 14.6. The maximum Gasteiger partial charge on any atom is 0.198 e. The number of hydrogen-bond acceptors (Lipinski definition) is 1. The van der Waals surface area contributed by atoms with Gasteiger partial charge in [0.1, 0.15) is 0 Å². The van der Waals surface area contributed by atoms with E-state index in [0.717, 1.165) is 0 Å². The Bertz CT molecular complexity index is 435. The van der Waals surface area contributed by atoms with Crippen molar-refractivity contribution in [2.24, 2.45) is 0 Å². The molecule has 1 rings (SSSR count). The Morgan fingerprint density at radius 1 is 1.11 bits per heavy atom. The van der Waals surface area contributed by atoms with Gasteiger partial charge in [0.15, 0.2) is 16.6 Å². The molecule has 1 nitrogen and oxygen atoms in total. The summed E-state index contributed by atoms with van der Waals surface area (Å²) in [6.45, 7) is 15.2. The van der Waals surface area contributed by atoms with Crippen LogP contribution in [0.1, 0.15) is 12.5 Å². The van der Waals surface area contributed by atoms with E-state index in [9.17, 15) is 0 Å². The normalized spacial score (nSPS) is 14.6. The zero-order chi connectivity index (χ0) is 14.5. The van der Waals surface area contributed by atoms with Crippen LogP contribution < -0.4 is 0 Å². The van der Waals surface area contributed by atoms with Crippen molar-refractivity contribution < 1.29 is 4.12 Å². The minimum Gasteiger partial charge on any atom is -0.452 e. The molecule has 0 aliphatic rings. The molecule has 0 bridgehead atoms. The molecule has 0 fully saturated rings. The van der Waals surface area contributed by atoms with Crippen molar-refractivity contribution in [1.29, 1.82) is 0 Å². The average Bonchev–Trinajstić information content (AvgIpc) is 2.36. The predicted octanol–water partition coefficient (Wildman–Crippen LogP) is 5.24. The highest BCUT2D eigenvalue weighted by atomic mass is 28.4. The first-order chi connectivity index (χ1) is 8.77. The molecule has 0 amide bonds. The van der Waals surface area contributed by atoms with Gasteiger partial charge in [-0.25, -0.2) is 0 Å². The third kappa shape index (κ3) is 5.31. The van der Waals surface area contributed by atoms with Crippen molar-refractivity contribution >= 4 is 22.7 Å². The third-order valence-corrected chi connectivity index (χ3v) is 11.1. The SMILES string of the molecule is C=C[Si](C)(C)O[Si](C)(C)C(C)C=Cc1ccccc1. The van der Waals surface area contributed by atoms with Crippen molar-refractivity contribution in [3.63, 3.8) is 0 Å². The quantitative estimate of drug-likeness (QED) is 0.651. The summed E-state index contributed by atoms with van der Waals surface area (Å²) >= 11 is 0. The fourth-order valence-corrected chi connectivity index (χ4v) is 8.92. The average molecular weight is 291 g/mol. The van der Waals surface area contributed by atoms with Gasteiger partial charge in [0.05, 0.1) is 0 Å². The summed E-state index contributed by atoms with van der Waals surface area (Å²) in [7, 11) is -3.41. The Balaban J connectivity index is 2.73. The molecule has 0 aliphatic carbocycles. The molecule has 1 aromatic rings. The molecule has 0 saturated carbocycles. The Kier molecular flexibility index (Phi) is 5.53. The molecular formula is C16H26OSi2. The summed E-state index contributed by atoms with van der Waals surface area (Å²) < 4.78 is 6.43. The van der Waals surface area contributed by atoms with Crippen molar-refractivity contribution in [3.05, 3.63) is 54.2 Å². The lowest BCUT2D eigenvalue weighted by Crippen LogP contribution is -2.45. The monoisotopic (exact) mass is 290 g/mol. The van der Waals surface area contributed by atoms with Crippen LogP contribution in [0.25, 0.3) is 6.08 Å². The van der Waals surface area contributed by atoms with Gasteiger partial charge in [0, 0.05) is 0 Å². The van der Waals surface area contributed by atoms with Gasteiger partial charge in [-0.15, -0.1) is 6.58 Å². The van der Waals surface area contributed by atoms with E-state index in [0.29, 0.717) is 5.54 Å². The van der Waals surface area contributed by atoms with Crippen molar-refractivity contribution in [2.75, 3.05) is 0 Å². The Hall–Kier alpha value is -0.906. The summed E-state index contributed by atoms with van der Waals surface area (Å²) in [5, 5.41) is 0. The van der Waals surface area contributed by atoms with Crippen molar-refractivity contribution in [1.82, 2.24) is 0 Å². The van der Waals surface area contributed by atoms with Crippen LogP contribution in [-0.4, -0.2) is 16.6 Å². The van der Waals surface area contributed by atoms with E-state index >= 15 is 0 Å². The molecule has 0 spiro atoms. The molecule has 104 valence electrons. The highest BCUT2D eigenvalue weighted by Crippen LogP contribution is 2.28. The lowest BCUT2D eigenvalue weighted by Gasteiger charge is -2.35. The van der Waals surface area contributed by atoms with E-state index in [1.807, 2.05) is 11.8 Å². The summed E-state index contributed by atoms with van der Waals surface area (Å²) in [5.41, 5.74) is 3.76. The van der Waals surface area contributed by atoms with Crippen LogP contribution in [0.5, 0.6) is 0 Å². The predicted molar refractivity (Wildman–Crippen MR) is 91.1 cm³/mol. The molecule has 0 heterocycles. The van der Waals surface area contributed by atoms with E-state index in [4.69, 9.17) is 4.12 Å². The van der Waals surface area contributed by atoms with Gasteiger partial charge in [-0.2, -0.15) is 0 Å². The van der Waals surface area contributed by atoms with Gasteiger partial charge in [0.2, 0.25) is 0 Å². The second kappa shape index (κ2) is 6.50. The van der Waals surface area contributed by atoms with Crippen LogP contribution in [0.2, 0.25) is 31.7 Å². The van der Waals surface area contributed by atoms with Gasteiger partial charge in [0.25, 0.3) is 0 Å². The number of allylic oxidation sites excluding steroid dienone is 1. The molecule has 3 heteroatoms. The molecule has 0 saturated heterocycles. The largest absolute Gasteiger partial charge is 0.452 e. The first kappa shape index (κ1) is 16.1. The maximum atomic E-state index is 6.43. The van der Waals surface area contributed by atoms with Gasteiger partial charge in [-0.1, -0.05) is 55.1 Å². The van der Waals surface area contributed by atoms with E-state index < -0.39 is 16.6 Å². The van der Waals surface area contributed by atoms with Crippen LogP contribution in [0, 0.1) is 0 Å². The van der Waals surface area contributed by atoms with E-state index in [-0.39, 0.29) is 0 Å². The molecule has 0 aliphatic heterocycles. The molecule has 0 N–H and O–H groups in total. The van der Waals surface area contributed by atoms with Crippen LogP contribution in [0.15, 0.2) is 48.7 Å². The van der Waals surface area contributed by atoms with Gasteiger partial charge in [-0.3, -0.25) is 0 Å². The molecule has 1 atom stereocenters. The second-order valence-electron chi connectivity index (χ2n) is 6.07. The lowest BCUT2D eigenvalue weighted by atomic mass is 10.2. The minimum absolute atomic E-state index is 0.486. The van der Waals surface area contributed by atoms with Crippen LogP contribution in [-0.2, 0) is 4.12 Å². The smallest absolute Gasteiger partial charge is 0.198 e. The van der Waals surface area contributed by atoms with Crippen molar-refractivity contribution in [2.45, 2.75) is 38.7 Å². The topological polar surface area (TPSA) is 9.23 Å². The fourth-order valence-electron chi connectivity index (χ4n) is 1.86. The summed E-state index contributed by atoms with van der Waals surface area (Å²) in [5.74, 6) is 0. The Morgan fingerprint density at radius 2 is 1.68 bits per heavy atom. The third-order valence-electron chi connectivity index (χ3n) is 3.49. The van der Waals surface area contributed by atoms with Crippen molar-refractivity contribution in [3.8, 4) is 0 Å². The highest BCUT2D eigenvalue weighted by molar-refractivity contribution is 6.88. The number of benzene rings is 1. The standard InChI is InChI=1S/C16H26OSi2/c1-7-18(3,4)17-19(5,6)15(2)13-14-16-11-9-8-10-12-16/h7-15H,1H2,2-6H3. The molecular weight excluding hydrogens is 264 g/mol. The Morgan fingerprint density at radius 3 is 2.21 bits per heavy atom. The maximum absolute atomic E-state index is 6.43. The van der Waals surface area contributed by atoms with Gasteiger partial charge < -0.3 is 4.12 Å². The Labute approximate surface area is 120 Å². The molecule has 0 aromatic heterocycles. The van der Waals surface area contributed by atoms with Gasteiger partial charge >= 0.3 is 0 Å².